The summed E-state index contributed by atoms with van der Waals surface area (Å²) in [6.45, 7) is 27.7. The molecule has 0 radical (unpaired) electrons. The Kier molecular flexibility index (Phi) is 50.2. The first-order chi connectivity index (χ1) is 54.6. The second-order valence-electron chi connectivity index (χ2n) is 30.8. The number of alkyl carbamates (subject to hydrolysis) is 3. The predicted octanol–water partition coefficient (Wildman–Crippen LogP) is 7.93. The number of pyridine rings is 4. The number of carboxylic acids is 3. The van der Waals surface area contributed by atoms with Crippen molar-refractivity contribution in [3.8, 4) is 17.2 Å². The second kappa shape index (κ2) is 53.7. The summed E-state index contributed by atoms with van der Waals surface area (Å²) in [6, 6.07) is 3.31. The molecule has 42 heteroatoms. The molecule has 4 saturated heterocycles. The molecule has 4 aliphatic rings. The number of methoxy groups -OCH3 is 5. The molecule has 4 aromatic heterocycles. The van der Waals surface area contributed by atoms with Gasteiger partial charge in [0.15, 0.2) is 0 Å². The minimum Gasteiger partial charge on any atom is -0.870 e. The molecule has 662 valence electrons. The maximum atomic E-state index is 13.3. The molecular weight excluding hydrogens is 1840 g/mol. The van der Waals surface area contributed by atoms with Gasteiger partial charge in [-0.05, 0) is 157 Å². The summed E-state index contributed by atoms with van der Waals surface area (Å²) in [6.07, 6.45) is 10.3. The van der Waals surface area contributed by atoms with Crippen molar-refractivity contribution < 1.29 is 140 Å². The molecule has 8 rings (SSSR count). The van der Waals surface area contributed by atoms with Gasteiger partial charge in [-0.2, -0.15) is 0 Å². The Morgan fingerprint density at radius 3 is 1.20 bits per heavy atom. The van der Waals surface area contributed by atoms with Crippen molar-refractivity contribution >= 4 is 141 Å². The van der Waals surface area contributed by atoms with Gasteiger partial charge >= 0.3 is 73.1 Å². The number of carbonyl (C=O) groups excluding carboxylic acids is 8. The third-order valence-corrected chi connectivity index (χ3v) is 19.2. The molecule has 4 fully saturated rings. The molecule has 4 aliphatic heterocycles. The Morgan fingerprint density at radius 2 is 0.874 bits per heavy atom. The zero-order valence-corrected chi connectivity index (χ0v) is 77.8. The van der Waals surface area contributed by atoms with Gasteiger partial charge < -0.3 is 99.6 Å². The third kappa shape index (κ3) is 40.1. The van der Waals surface area contributed by atoms with Crippen LogP contribution in [0.2, 0.25) is 5.02 Å². The minimum absolute atomic E-state index is 0. The number of aromatic nitrogens is 4. The van der Waals surface area contributed by atoms with Crippen LogP contribution in [0.5, 0.6) is 17.2 Å². The van der Waals surface area contributed by atoms with E-state index in [1.807, 2.05) is 40.7 Å². The molecule has 8 heterocycles. The fraction of sp³-hybridized carbons (Fsp3) is 0.597. The van der Waals surface area contributed by atoms with Crippen molar-refractivity contribution in [3.05, 3.63) is 96.8 Å². The number of rotatable bonds is 20. The van der Waals surface area contributed by atoms with Crippen LogP contribution in [0.3, 0.4) is 0 Å². The van der Waals surface area contributed by atoms with E-state index in [0.29, 0.717) is 48.6 Å². The fourth-order valence-corrected chi connectivity index (χ4v) is 13.2. The molecular formula is C77H113Br4ClLiN11O25. The van der Waals surface area contributed by atoms with E-state index in [1.165, 1.54) is 50.2 Å². The number of ether oxygens (including phenoxy) is 9. The van der Waals surface area contributed by atoms with E-state index in [-0.39, 0.29) is 99.2 Å². The first-order valence-corrected chi connectivity index (χ1v) is 40.4. The number of aliphatic hydroxyl groups excluding tert-OH is 1. The molecule has 6 amide bonds. The number of hydrogen-bond donors (Lipinski definition) is 8. The minimum atomic E-state index is -1.09. The smallest absolute Gasteiger partial charge is 0.870 e. The van der Waals surface area contributed by atoms with Gasteiger partial charge in [-0.1, -0.05) is 87.8 Å². The molecule has 0 bridgehead atoms. The Morgan fingerprint density at radius 1 is 0.513 bits per heavy atom. The van der Waals surface area contributed by atoms with Crippen LogP contribution in [0.1, 0.15) is 123 Å². The Bertz CT molecular complexity index is 3880. The van der Waals surface area contributed by atoms with E-state index in [0.717, 1.165) is 36.7 Å². The zero-order valence-electron chi connectivity index (χ0n) is 70.7. The van der Waals surface area contributed by atoms with Crippen LogP contribution in [0.4, 0.5) is 19.2 Å². The predicted molar refractivity (Wildman–Crippen MR) is 445 cm³/mol. The molecule has 11 atom stereocenters. The monoisotopic (exact) mass is 1950 g/mol. The van der Waals surface area contributed by atoms with Crippen LogP contribution in [0.15, 0.2) is 91.7 Å². The molecule has 0 unspecified atom stereocenters. The number of likely N-dealkylation sites (tertiary alicyclic amines) is 3. The fourth-order valence-electron chi connectivity index (χ4n) is 11.5. The summed E-state index contributed by atoms with van der Waals surface area (Å²) in [5, 5.41) is 47.6. The van der Waals surface area contributed by atoms with Crippen LogP contribution in [0, 0.1) is 39.9 Å². The molecule has 9 N–H and O–H groups in total. The molecule has 119 heavy (non-hydrogen) atoms. The van der Waals surface area contributed by atoms with Gasteiger partial charge in [-0.25, -0.2) is 43.3 Å². The average molecular weight is 1950 g/mol. The van der Waals surface area contributed by atoms with Gasteiger partial charge in [0, 0.05) is 99.7 Å². The molecule has 0 saturated carbocycles. The van der Waals surface area contributed by atoms with Crippen molar-refractivity contribution in [2.75, 3.05) is 88.2 Å². The van der Waals surface area contributed by atoms with Crippen LogP contribution >= 0.6 is 75.3 Å². The van der Waals surface area contributed by atoms with Gasteiger partial charge in [0.05, 0.1) is 74.0 Å². The largest absolute Gasteiger partial charge is 1.00 e. The summed E-state index contributed by atoms with van der Waals surface area (Å²) in [5.41, 5.74) is -2.43. The maximum absolute atomic E-state index is 13.3. The molecule has 36 nitrogen and oxygen atoms in total. The Labute approximate surface area is 744 Å². The quantitative estimate of drug-likeness (QED) is 0.0180. The molecule has 0 aromatic carbocycles. The van der Waals surface area contributed by atoms with Crippen molar-refractivity contribution in [2.45, 2.75) is 171 Å². The Hall–Kier alpha value is -7.94. The van der Waals surface area contributed by atoms with Crippen LogP contribution < -0.4 is 54.3 Å². The first-order valence-electron chi connectivity index (χ1n) is 36.9. The second-order valence-corrected chi connectivity index (χ2v) is 34.8. The van der Waals surface area contributed by atoms with E-state index >= 15 is 0 Å². The number of aliphatic hydroxyl groups is 1. The van der Waals surface area contributed by atoms with E-state index in [9.17, 15) is 57.8 Å². The number of esters is 2. The SMILES string of the molecule is CC.CC(C)(C)OC(=O)N1C[C@H](CO)C[C@H]1C(=O)O.COC(=O)N[C@H](C(=O)N1C[C@H](COc2cncc(Br)c2)C[C@H]1C(=O)O)C(C)(C)C.COC(=O)N[C@H](C(=O)N1C[C@H](COc2cncc(Br)c2)C[C@H]1C(=O)OC)C(C)(C)C.COC(=O)N[C@H](C(=O)O)C(C)(C)C.COC(=O)[C@@H]1C[C@@H](COc2cncc(Br)c2)CN1.Clc1ccnc(Br)c1.[Li+].[OH-]. The number of aliphatic carboxylic acids is 3. The average Bonchev–Trinajstić information content (AvgIpc) is 1.69. The summed E-state index contributed by atoms with van der Waals surface area (Å²) in [7, 11) is 6.32. The topological polar surface area (TPSA) is 491 Å². The van der Waals surface area contributed by atoms with Crippen molar-refractivity contribution in [2.24, 2.45) is 39.9 Å². The van der Waals surface area contributed by atoms with Crippen LogP contribution in [-0.2, 0) is 62.0 Å². The van der Waals surface area contributed by atoms with Crippen molar-refractivity contribution in [1.29, 1.82) is 0 Å². The zero-order chi connectivity index (χ0) is 89.0. The van der Waals surface area contributed by atoms with E-state index < -0.39 is 112 Å². The first kappa shape index (κ1) is 111. The van der Waals surface area contributed by atoms with Gasteiger partial charge in [-0.15, -0.1) is 0 Å². The van der Waals surface area contributed by atoms with Crippen molar-refractivity contribution in [1.82, 2.24) is 55.9 Å². The van der Waals surface area contributed by atoms with E-state index in [1.54, 1.807) is 130 Å². The number of halogens is 5. The van der Waals surface area contributed by atoms with Crippen LogP contribution in [0.25, 0.3) is 0 Å². The van der Waals surface area contributed by atoms with E-state index in [4.69, 9.17) is 55.3 Å². The third-order valence-electron chi connectivity index (χ3n) is 17.2. The van der Waals surface area contributed by atoms with E-state index in [2.05, 4.69) is 119 Å². The van der Waals surface area contributed by atoms with Gasteiger partial charge in [0.2, 0.25) is 11.8 Å². The summed E-state index contributed by atoms with van der Waals surface area (Å²) in [5.74, 6) is -3.02. The Balaban J connectivity index is 0.00000145. The van der Waals surface area contributed by atoms with Gasteiger partial charge in [-0.3, -0.25) is 34.2 Å². The number of nitrogens with one attached hydrogen (secondary N) is 4. The number of amides is 6. The molecule has 0 aliphatic carbocycles. The number of hydrogen-bond acceptors (Lipinski definition) is 27. The summed E-state index contributed by atoms with van der Waals surface area (Å²) < 4.78 is 48.7. The standard InChI is InChI=1S/C20H28BrN3O6.C19H26BrN3O6.C12H15BrN2O3.C11H19NO5.C8H15NO4.C5H3BrClN.C2H6.Li.H2O/c1-20(2,3)16(23-19(27)29-5)17(25)24-10-12(6-15(24)18(26)28-4)11-30-14-7-13(21)8-22-9-14;1-19(2,3)15(22-18(27)28-4)16(24)23-9-11(5-14(23)17(25)26)10-29-13-6-12(20)7-21-8-13;1-17-12(16)11-2-8(4-15-11)7-18-10-3-9(13)5-14-6-10;1-11(2,3)17-10(16)12-5-7(6-13)4-8(12)9(14)15;1-8(2,3)5(6(10)11)9-7(12)13-4;6-5-3-4(7)1-2-8-5;1-2;;/h7-9,12,15-16H,6,10-11H2,1-5H3,(H,23,27);6-8,11,14-15H,5,9-10H2,1-4H3,(H,22,27)(H,25,26);3,5-6,8,11,15H,2,4,7H2,1H3;7-8,13H,4-6H2,1-3H3,(H,14,15);5H,1-4H3,(H,9,12)(H,10,11);1-3H;1-2H3;;1H2/q;;;;;;;+1;/p-1/t12-,15+,16-;11-,14+,15-;8-,11+;7-,8+;5-;;;;/m11111..../s1. The summed E-state index contributed by atoms with van der Waals surface area (Å²) >= 11 is 18.7. The normalized spacial score (nSPS) is 19.0. The number of carbonyl (C=O) groups is 11. The summed E-state index contributed by atoms with van der Waals surface area (Å²) in [4.78, 5) is 150. The van der Waals surface area contributed by atoms with Gasteiger partial charge in [0.1, 0.15) is 69.7 Å². The number of nitrogens with zero attached hydrogens (tertiary/aromatic N) is 7. The van der Waals surface area contributed by atoms with Crippen LogP contribution in [-0.4, -0.2) is 263 Å². The molecule has 0 spiro atoms. The number of carboxylic acid groups (broad SMARTS) is 3. The maximum Gasteiger partial charge on any atom is 1.00 e. The molecule has 4 aromatic rings. The van der Waals surface area contributed by atoms with Crippen molar-refractivity contribution in [3.63, 3.8) is 0 Å². The van der Waals surface area contributed by atoms with Gasteiger partial charge in [0.25, 0.3) is 0 Å².